The molecule has 1 unspecified atom stereocenters. The minimum Gasteiger partial charge on any atom is -0.368 e. The number of primary amides is 1. The van der Waals surface area contributed by atoms with Gasteiger partial charge in [-0.25, -0.2) is 4.98 Å². The molecule has 5 heteroatoms. The lowest BCUT2D eigenvalue weighted by Crippen LogP contribution is -2.36. The van der Waals surface area contributed by atoms with E-state index in [4.69, 9.17) is 5.73 Å². The van der Waals surface area contributed by atoms with Gasteiger partial charge in [0.05, 0.1) is 0 Å². The molecule has 1 aromatic rings. The second kappa shape index (κ2) is 3.05. The molecular formula is C6H10N4O. The van der Waals surface area contributed by atoms with Crippen LogP contribution in [0.2, 0.25) is 0 Å². The van der Waals surface area contributed by atoms with Gasteiger partial charge in [-0.05, 0) is 6.92 Å². The summed E-state index contributed by atoms with van der Waals surface area (Å²) >= 11 is 0. The highest BCUT2D eigenvalue weighted by molar-refractivity contribution is 5.80. The lowest BCUT2D eigenvalue weighted by molar-refractivity contribution is -0.118. The summed E-state index contributed by atoms with van der Waals surface area (Å²) in [5.74, 6) is -0.390. The van der Waals surface area contributed by atoms with E-state index in [2.05, 4.69) is 10.4 Å². The molecule has 0 saturated carbocycles. The normalized spacial score (nSPS) is 12.5. The number of imidazole rings is 1. The van der Waals surface area contributed by atoms with E-state index in [-0.39, 0.29) is 6.04 Å². The Labute approximate surface area is 64.2 Å². The predicted octanol–water partition coefficient (Wildman–Crippen LogP) is -0.700. The molecule has 5 nitrogen and oxygen atoms in total. The molecule has 0 aliphatic rings. The SMILES string of the molecule is CC(Nn1ccnc1)C(N)=O. The van der Waals surface area contributed by atoms with E-state index < -0.39 is 5.91 Å². The number of amides is 1. The van der Waals surface area contributed by atoms with E-state index in [1.807, 2.05) is 0 Å². The number of rotatable bonds is 3. The molecule has 0 spiro atoms. The van der Waals surface area contributed by atoms with Gasteiger partial charge in [-0.2, -0.15) is 0 Å². The van der Waals surface area contributed by atoms with E-state index in [1.54, 1.807) is 30.3 Å². The van der Waals surface area contributed by atoms with E-state index >= 15 is 0 Å². The largest absolute Gasteiger partial charge is 0.368 e. The van der Waals surface area contributed by atoms with Crippen LogP contribution in [0.25, 0.3) is 0 Å². The zero-order valence-corrected chi connectivity index (χ0v) is 6.19. The first-order valence-corrected chi connectivity index (χ1v) is 3.24. The molecule has 1 amide bonds. The summed E-state index contributed by atoms with van der Waals surface area (Å²) in [6, 6.07) is -0.385. The van der Waals surface area contributed by atoms with Crippen LogP contribution >= 0.6 is 0 Å². The Kier molecular flexibility index (Phi) is 2.10. The summed E-state index contributed by atoms with van der Waals surface area (Å²) in [6.07, 6.45) is 4.86. The molecule has 0 aliphatic carbocycles. The fourth-order valence-corrected chi connectivity index (χ4v) is 0.623. The van der Waals surface area contributed by atoms with Crippen LogP contribution in [0.3, 0.4) is 0 Å². The zero-order chi connectivity index (χ0) is 8.27. The molecule has 1 aromatic heterocycles. The number of nitrogens with zero attached hydrogens (tertiary/aromatic N) is 2. The van der Waals surface area contributed by atoms with Crippen molar-refractivity contribution in [3.8, 4) is 0 Å². The van der Waals surface area contributed by atoms with E-state index in [0.29, 0.717) is 0 Å². The summed E-state index contributed by atoms with van der Waals surface area (Å²) in [5, 5.41) is 0. The van der Waals surface area contributed by atoms with Crippen LogP contribution in [-0.4, -0.2) is 21.6 Å². The van der Waals surface area contributed by atoms with Crippen LogP contribution in [-0.2, 0) is 4.79 Å². The lowest BCUT2D eigenvalue weighted by atomic mass is 10.3. The Bertz CT molecular complexity index is 231. The van der Waals surface area contributed by atoms with Crippen molar-refractivity contribution in [2.24, 2.45) is 5.73 Å². The van der Waals surface area contributed by atoms with Crippen molar-refractivity contribution in [1.29, 1.82) is 0 Å². The molecule has 0 fully saturated rings. The lowest BCUT2D eigenvalue weighted by Gasteiger charge is -2.10. The first-order chi connectivity index (χ1) is 5.20. The Balaban J connectivity index is 2.50. The van der Waals surface area contributed by atoms with Gasteiger partial charge in [0.25, 0.3) is 0 Å². The topological polar surface area (TPSA) is 72.9 Å². The van der Waals surface area contributed by atoms with Gasteiger partial charge in [-0.1, -0.05) is 0 Å². The zero-order valence-electron chi connectivity index (χ0n) is 6.19. The summed E-state index contributed by atoms with van der Waals surface area (Å²) < 4.78 is 1.58. The Morgan fingerprint density at radius 2 is 2.55 bits per heavy atom. The smallest absolute Gasteiger partial charge is 0.241 e. The summed E-state index contributed by atoms with van der Waals surface area (Å²) in [7, 11) is 0. The molecular weight excluding hydrogens is 144 g/mol. The maximum atomic E-state index is 10.6. The molecule has 1 heterocycles. The van der Waals surface area contributed by atoms with Crippen LogP contribution in [0, 0.1) is 0 Å². The third kappa shape index (κ3) is 1.96. The molecule has 0 radical (unpaired) electrons. The van der Waals surface area contributed by atoms with Gasteiger partial charge in [-0.15, -0.1) is 0 Å². The predicted molar refractivity (Wildman–Crippen MR) is 40.2 cm³/mol. The third-order valence-corrected chi connectivity index (χ3v) is 1.27. The van der Waals surface area contributed by atoms with Gasteiger partial charge >= 0.3 is 0 Å². The van der Waals surface area contributed by atoms with Crippen molar-refractivity contribution in [3.05, 3.63) is 18.7 Å². The van der Waals surface area contributed by atoms with Crippen LogP contribution in [0.15, 0.2) is 18.7 Å². The maximum absolute atomic E-state index is 10.6. The van der Waals surface area contributed by atoms with Gasteiger partial charge in [0, 0.05) is 12.4 Å². The number of aromatic nitrogens is 2. The van der Waals surface area contributed by atoms with Crippen molar-refractivity contribution >= 4 is 5.91 Å². The summed E-state index contributed by atoms with van der Waals surface area (Å²) in [6.45, 7) is 1.68. The van der Waals surface area contributed by atoms with Crippen LogP contribution in [0.4, 0.5) is 0 Å². The Morgan fingerprint density at radius 1 is 1.82 bits per heavy atom. The second-order valence-electron chi connectivity index (χ2n) is 2.22. The van der Waals surface area contributed by atoms with Crippen molar-refractivity contribution in [2.75, 3.05) is 5.43 Å². The molecule has 0 saturated heterocycles. The van der Waals surface area contributed by atoms with Crippen LogP contribution in [0.1, 0.15) is 6.92 Å². The number of hydrogen-bond donors (Lipinski definition) is 2. The second-order valence-corrected chi connectivity index (χ2v) is 2.22. The van der Waals surface area contributed by atoms with Crippen molar-refractivity contribution in [2.45, 2.75) is 13.0 Å². The molecule has 0 bridgehead atoms. The highest BCUT2D eigenvalue weighted by Gasteiger charge is 2.06. The van der Waals surface area contributed by atoms with E-state index in [0.717, 1.165) is 0 Å². The Morgan fingerprint density at radius 3 is 3.00 bits per heavy atom. The van der Waals surface area contributed by atoms with Crippen molar-refractivity contribution in [1.82, 2.24) is 9.66 Å². The standard InChI is InChI=1S/C6H10N4O/c1-5(6(7)11)9-10-3-2-8-4-10/h2-5,9H,1H3,(H2,7,11). The first kappa shape index (κ1) is 7.59. The Hall–Kier alpha value is -1.52. The third-order valence-electron chi connectivity index (χ3n) is 1.27. The number of hydrogen-bond acceptors (Lipinski definition) is 3. The van der Waals surface area contributed by atoms with Gasteiger partial charge in [0.1, 0.15) is 12.4 Å². The molecule has 0 aromatic carbocycles. The van der Waals surface area contributed by atoms with Crippen molar-refractivity contribution < 1.29 is 4.79 Å². The highest BCUT2D eigenvalue weighted by atomic mass is 16.1. The maximum Gasteiger partial charge on any atom is 0.241 e. The van der Waals surface area contributed by atoms with Crippen LogP contribution in [0.5, 0.6) is 0 Å². The average Bonchev–Trinajstić information content (AvgIpc) is 2.39. The fraction of sp³-hybridized carbons (Fsp3) is 0.333. The average molecular weight is 154 g/mol. The fourth-order valence-electron chi connectivity index (χ4n) is 0.623. The molecule has 1 atom stereocenters. The number of nitrogens with one attached hydrogen (secondary N) is 1. The van der Waals surface area contributed by atoms with E-state index in [1.165, 1.54) is 0 Å². The minimum absolute atomic E-state index is 0.385. The van der Waals surface area contributed by atoms with Gasteiger partial charge < -0.3 is 11.2 Å². The highest BCUT2D eigenvalue weighted by Crippen LogP contribution is 1.85. The summed E-state index contributed by atoms with van der Waals surface area (Å²) in [5.41, 5.74) is 7.82. The molecule has 11 heavy (non-hydrogen) atoms. The number of carbonyl (C=O) groups is 1. The van der Waals surface area contributed by atoms with Gasteiger partial charge in [-0.3, -0.25) is 9.47 Å². The molecule has 1 rings (SSSR count). The summed E-state index contributed by atoms with van der Waals surface area (Å²) in [4.78, 5) is 14.3. The monoisotopic (exact) mass is 154 g/mol. The molecule has 3 N–H and O–H groups in total. The van der Waals surface area contributed by atoms with Gasteiger partial charge in [0.2, 0.25) is 5.91 Å². The van der Waals surface area contributed by atoms with Gasteiger partial charge in [0.15, 0.2) is 0 Å². The van der Waals surface area contributed by atoms with E-state index in [9.17, 15) is 4.79 Å². The molecule has 60 valence electrons. The quantitative estimate of drug-likeness (QED) is 0.604. The minimum atomic E-state index is -0.390. The number of nitrogens with two attached hydrogens (primary N) is 1. The van der Waals surface area contributed by atoms with Crippen molar-refractivity contribution in [3.63, 3.8) is 0 Å². The number of carbonyl (C=O) groups excluding carboxylic acids is 1. The molecule has 0 aliphatic heterocycles. The van der Waals surface area contributed by atoms with Crippen LogP contribution < -0.4 is 11.2 Å². The first-order valence-electron chi connectivity index (χ1n) is 3.24.